The molecule has 1 fully saturated rings. The van der Waals surface area contributed by atoms with Gasteiger partial charge >= 0.3 is 0 Å². The zero-order valence-electron chi connectivity index (χ0n) is 5.45. The van der Waals surface area contributed by atoms with Crippen molar-refractivity contribution in [2.24, 2.45) is 0 Å². The van der Waals surface area contributed by atoms with Crippen LogP contribution in [0, 0.1) is 0 Å². The van der Waals surface area contributed by atoms with E-state index in [1.165, 1.54) is 0 Å². The molecule has 1 saturated carbocycles. The van der Waals surface area contributed by atoms with E-state index < -0.39 is 12.0 Å². The van der Waals surface area contributed by atoms with Gasteiger partial charge in [0.15, 0.2) is 0 Å². The normalized spacial score (nSPS) is 24.0. The highest BCUT2D eigenvalue weighted by molar-refractivity contribution is 4.96. The molecule has 0 saturated heterocycles. The maximum Gasteiger partial charge on any atom is 0.256 e. The summed E-state index contributed by atoms with van der Waals surface area (Å²) in [7, 11) is 1.60. The van der Waals surface area contributed by atoms with Gasteiger partial charge in [0.25, 0.3) is 6.43 Å². The summed E-state index contributed by atoms with van der Waals surface area (Å²) >= 11 is 0. The van der Waals surface area contributed by atoms with Crippen LogP contribution in [-0.2, 0) is 0 Å². The molecule has 0 aromatic carbocycles. The summed E-state index contributed by atoms with van der Waals surface area (Å²) in [6, 6.07) is 0. The van der Waals surface area contributed by atoms with Crippen molar-refractivity contribution < 1.29 is 8.78 Å². The molecule has 0 heterocycles. The smallest absolute Gasteiger partial charge is 0.256 e. The summed E-state index contributed by atoms with van der Waals surface area (Å²) in [6.07, 6.45) is -0.00991. The van der Waals surface area contributed by atoms with E-state index in [1.807, 2.05) is 0 Å². The van der Waals surface area contributed by atoms with Crippen LogP contribution in [0.3, 0.4) is 0 Å². The Kier molecular flexibility index (Phi) is 1.70. The van der Waals surface area contributed by atoms with Crippen LogP contribution in [0.1, 0.15) is 19.3 Å². The highest BCUT2D eigenvalue weighted by Crippen LogP contribution is 2.36. The minimum Gasteiger partial charge on any atom is -0.309 e. The van der Waals surface area contributed by atoms with E-state index in [2.05, 4.69) is 5.32 Å². The topological polar surface area (TPSA) is 12.0 Å². The lowest BCUT2D eigenvalue weighted by atomic mass is 9.77. The number of nitrogens with one attached hydrogen (secondary N) is 1. The summed E-state index contributed by atoms with van der Waals surface area (Å²) in [5.74, 6) is 0. The van der Waals surface area contributed by atoms with Crippen LogP contribution >= 0.6 is 0 Å². The van der Waals surface area contributed by atoms with E-state index in [-0.39, 0.29) is 0 Å². The second-order valence-corrected chi connectivity index (χ2v) is 2.56. The second kappa shape index (κ2) is 2.21. The molecular weight excluding hydrogens is 124 g/mol. The molecule has 0 atom stereocenters. The van der Waals surface area contributed by atoms with Gasteiger partial charge in [-0.25, -0.2) is 8.78 Å². The number of alkyl halides is 2. The fraction of sp³-hybridized carbons (Fsp3) is 1.00. The molecule has 0 bridgehead atoms. The lowest BCUT2D eigenvalue weighted by Crippen LogP contribution is -2.54. The predicted molar refractivity (Wildman–Crippen MR) is 31.6 cm³/mol. The highest BCUT2D eigenvalue weighted by atomic mass is 19.3. The maximum absolute atomic E-state index is 12.1. The van der Waals surface area contributed by atoms with Crippen molar-refractivity contribution in [3.05, 3.63) is 0 Å². The van der Waals surface area contributed by atoms with Crippen LogP contribution in [0.2, 0.25) is 0 Å². The standard InChI is InChI=1S/C6H11F2N/c1-9-6(5(7)8)3-2-4-6/h5,9H,2-4H2,1H3. The van der Waals surface area contributed by atoms with Crippen molar-refractivity contribution in [3.63, 3.8) is 0 Å². The van der Waals surface area contributed by atoms with Crippen LogP contribution in [0.15, 0.2) is 0 Å². The lowest BCUT2D eigenvalue weighted by Gasteiger charge is -2.40. The minimum atomic E-state index is -2.20. The predicted octanol–water partition coefficient (Wildman–Crippen LogP) is 1.39. The molecule has 1 nitrogen and oxygen atoms in total. The van der Waals surface area contributed by atoms with E-state index in [9.17, 15) is 8.78 Å². The fourth-order valence-corrected chi connectivity index (χ4v) is 1.14. The van der Waals surface area contributed by atoms with Gasteiger partial charge in [0, 0.05) is 0 Å². The average Bonchev–Trinajstić information content (AvgIpc) is 1.62. The number of hydrogen-bond donors (Lipinski definition) is 1. The third-order valence-corrected chi connectivity index (χ3v) is 2.16. The first kappa shape index (κ1) is 6.93. The summed E-state index contributed by atoms with van der Waals surface area (Å²) in [5.41, 5.74) is -0.819. The number of rotatable bonds is 2. The quantitative estimate of drug-likeness (QED) is 0.603. The Hall–Kier alpha value is -0.180. The lowest BCUT2D eigenvalue weighted by molar-refractivity contribution is -0.0133. The fourth-order valence-electron chi connectivity index (χ4n) is 1.14. The SMILES string of the molecule is CNC1(C(F)F)CCC1. The van der Waals surface area contributed by atoms with Crippen LogP contribution in [0.5, 0.6) is 0 Å². The molecule has 0 aromatic rings. The molecule has 0 amide bonds. The van der Waals surface area contributed by atoms with Crippen LogP contribution < -0.4 is 5.32 Å². The average molecular weight is 135 g/mol. The third-order valence-electron chi connectivity index (χ3n) is 2.16. The van der Waals surface area contributed by atoms with Gasteiger partial charge in [-0.05, 0) is 26.3 Å². The molecule has 0 radical (unpaired) electrons. The van der Waals surface area contributed by atoms with E-state index in [1.54, 1.807) is 7.05 Å². The van der Waals surface area contributed by atoms with Crippen molar-refractivity contribution >= 4 is 0 Å². The maximum atomic E-state index is 12.1. The molecular formula is C6H11F2N. The van der Waals surface area contributed by atoms with Crippen LogP contribution in [0.4, 0.5) is 8.78 Å². The summed E-state index contributed by atoms with van der Waals surface area (Å²) in [4.78, 5) is 0. The molecule has 3 heteroatoms. The first-order valence-corrected chi connectivity index (χ1v) is 3.18. The van der Waals surface area contributed by atoms with Crippen molar-refractivity contribution in [1.29, 1.82) is 0 Å². The first-order valence-electron chi connectivity index (χ1n) is 3.18. The van der Waals surface area contributed by atoms with Crippen LogP contribution in [0.25, 0.3) is 0 Å². The Morgan fingerprint density at radius 1 is 1.44 bits per heavy atom. The first-order chi connectivity index (χ1) is 4.21. The van der Waals surface area contributed by atoms with E-state index in [0.717, 1.165) is 6.42 Å². The van der Waals surface area contributed by atoms with Crippen molar-refractivity contribution in [3.8, 4) is 0 Å². The van der Waals surface area contributed by atoms with E-state index in [4.69, 9.17) is 0 Å². The van der Waals surface area contributed by atoms with Gasteiger partial charge in [0.2, 0.25) is 0 Å². The highest BCUT2D eigenvalue weighted by Gasteiger charge is 2.43. The van der Waals surface area contributed by atoms with Crippen molar-refractivity contribution in [1.82, 2.24) is 5.32 Å². The van der Waals surface area contributed by atoms with Gasteiger partial charge < -0.3 is 5.32 Å². The van der Waals surface area contributed by atoms with Gasteiger partial charge in [-0.2, -0.15) is 0 Å². The molecule has 0 spiro atoms. The van der Waals surface area contributed by atoms with Crippen molar-refractivity contribution in [2.75, 3.05) is 7.05 Å². The molecule has 1 aliphatic carbocycles. The summed E-state index contributed by atoms with van der Waals surface area (Å²) in [6.45, 7) is 0. The second-order valence-electron chi connectivity index (χ2n) is 2.56. The molecule has 1 rings (SSSR count). The van der Waals surface area contributed by atoms with Crippen molar-refractivity contribution in [2.45, 2.75) is 31.2 Å². The largest absolute Gasteiger partial charge is 0.309 e. The van der Waals surface area contributed by atoms with E-state index >= 15 is 0 Å². The summed E-state index contributed by atoms with van der Waals surface area (Å²) in [5, 5.41) is 2.66. The zero-order chi connectivity index (χ0) is 6.91. The molecule has 0 aliphatic heterocycles. The monoisotopic (exact) mass is 135 g/mol. The van der Waals surface area contributed by atoms with Gasteiger partial charge in [-0.15, -0.1) is 0 Å². The minimum absolute atomic E-state index is 0.626. The molecule has 1 aliphatic rings. The van der Waals surface area contributed by atoms with Gasteiger partial charge in [0.05, 0.1) is 5.54 Å². The molecule has 54 valence electrons. The Labute approximate surface area is 53.4 Å². The molecule has 1 N–H and O–H groups in total. The van der Waals surface area contributed by atoms with E-state index in [0.29, 0.717) is 12.8 Å². The Balaban J connectivity index is 2.46. The molecule has 0 unspecified atom stereocenters. The number of halogens is 2. The van der Waals surface area contributed by atoms with Gasteiger partial charge in [-0.3, -0.25) is 0 Å². The summed E-state index contributed by atoms with van der Waals surface area (Å²) < 4.78 is 24.1. The van der Waals surface area contributed by atoms with Gasteiger partial charge in [-0.1, -0.05) is 0 Å². The molecule has 9 heavy (non-hydrogen) atoms. The molecule has 0 aromatic heterocycles. The third kappa shape index (κ3) is 0.936. The number of hydrogen-bond acceptors (Lipinski definition) is 1. The van der Waals surface area contributed by atoms with Crippen LogP contribution in [-0.4, -0.2) is 19.0 Å². The van der Waals surface area contributed by atoms with Gasteiger partial charge in [0.1, 0.15) is 0 Å². The zero-order valence-corrected chi connectivity index (χ0v) is 5.45. The Morgan fingerprint density at radius 2 is 2.00 bits per heavy atom. The Morgan fingerprint density at radius 3 is 2.00 bits per heavy atom. The Bertz CT molecular complexity index is 93.7.